The Balaban J connectivity index is 1.55. The summed E-state index contributed by atoms with van der Waals surface area (Å²) in [7, 11) is 3.40. The fourth-order valence-corrected chi connectivity index (χ4v) is 5.43. The zero-order valence-corrected chi connectivity index (χ0v) is 22.6. The van der Waals surface area contributed by atoms with Gasteiger partial charge in [-0.3, -0.25) is 9.69 Å². The van der Waals surface area contributed by atoms with Crippen LogP contribution in [0.15, 0.2) is 48.7 Å². The van der Waals surface area contributed by atoms with Gasteiger partial charge in [0.15, 0.2) is 0 Å². The Morgan fingerprint density at radius 2 is 1.75 bits per heavy atom. The predicted molar refractivity (Wildman–Crippen MR) is 147 cm³/mol. The zero-order chi connectivity index (χ0) is 25.9. The van der Waals surface area contributed by atoms with Crippen molar-refractivity contribution in [2.24, 2.45) is 11.3 Å². The van der Waals surface area contributed by atoms with E-state index in [-0.39, 0.29) is 11.3 Å². The quantitative estimate of drug-likeness (QED) is 0.350. The summed E-state index contributed by atoms with van der Waals surface area (Å²) in [4.78, 5) is 20.3. The molecule has 1 aliphatic rings. The van der Waals surface area contributed by atoms with Crippen molar-refractivity contribution >= 4 is 22.5 Å². The number of fused-ring (bicyclic) bond motifs is 1. The van der Waals surface area contributed by atoms with Crippen molar-refractivity contribution in [1.29, 1.82) is 0 Å². The maximum atomic E-state index is 13.6. The van der Waals surface area contributed by atoms with Crippen LogP contribution in [0.3, 0.4) is 0 Å². The number of carbonyl (C=O) groups is 1. The van der Waals surface area contributed by atoms with Gasteiger partial charge in [-0.25, -0.2) is 4.98 Å². The molecule has 1 aromatic heterocycles. The van der Waals surface area contributed by atoms with Crippen LogP contribution in [0.2, 0.25) is 0 Å². The fourth-order valence-electron chi connectivity index (χ4n) is 5.43. The lowest BCUT2D eigenvalue weighted by Gasteiger charge is -2.34. The van der Waals surface area contributed by atoms with Crippen LogP contribution in [0.4, 0.5) is 5.82 Å². The van der Waals surface area contributed by atoms with Gasteiger partial charge in [-0.05, 0) is 96.7 Å². The monoisotopic (exact) mass is 488 g/mol. The van der Waals surface area contributed by atoms with Gasteiger partial charge in [0.1, 0.15) is 17.3 Å². The molecule has 0 unspecified atom stereocenters. The molecule has 1 heterocycles. The number of carbonyl (C=O) groups excluding carboxylic acids is 1. The number of aryl methyl sites for hydroxylation is 1. The van der Waals surface area contributed by atoms with Gasteiger partial charge < -0.3 is 9.47 Å². The van der Waals surface area contributed by atoms with Crippen LogP contribution in [-0.4, -0.2) is 31.7 Å². The minimum Gasteiger partial charge on any atom is -0.497 e. The molecule has 0 aliphatic heterocycles. The number of ether oxygens (including phenoxy) is 2. The number of anilines is 1. The first kappa shape index (κ1) is 26.0. The number of hydrogen-bond acceptors (Lipinski definition) is 4. The van der Waals surface area contributed by atoms with Crippen molar-refractivity contribution in [3.05, 3.63) is 59.8 Å². The van der Waals surface area contributed by atoms with Gasteiger partial charge in [0.25, 0.3) is 0 Å². The number of nitrogens with zero attached hydrogens (tertiary/aromatic N) is 2. The fraction of sp³-hybridized carbons (Fsp3) is 0.484. The number of methoxy groups -OCH3 is 2. The minimum atomic E-state index is -0.0903. The van der Waals surface area contributed by atoms with Crippen LogP contribution >= 0.6 is 0 Å². The summed E-state index contributed by atoms with van der Waals surface area (Å²) < 4.78 is 10.9. The molecule has 0 radical (unpaired) electrons. The predicted octanol–water partition coefficient (Wildman–Crippen LogP) is 7.30. The van der Waals surface area contributed by atoms with Crippen LogP contribution in [0.25, 0.3) is 10.8 Å². The lowest BCUT2D eigenvalue weighted by molar-refractivity contribution is -0.120. The molecule has 0 N–H and O–H groups in total. The van der Waals surface area contributed by atoms with E-state index in [9.17, 15) is 4.79 Å². The second kappa shape index (κ2) is 10.9. The van der Waals surface area contributed by atoms with Gasteiger partial charge in [0, 0.05) is 24.5 Å². The van der Waals surface area contributed by atoms with E-state index >= 15 is 0 Å². The largest absolute Gasteiger partial charge is 0.497 e. The number of rotatable bonds is 7. The van der Waals surface area contributed by atoms with Crippen LogP contribution in [-0.2, 0) is 4.79 Å². The van der Waals surface area contributed by atoms with Crippen LogP contribution in [0, 0.1) is 18.3 Å². The van der Waals surface area contributed by atoms with Gasteiger partial charge in [-0.15, -0.1) is 0 Å². The molecule has 2 aromatic carbocycles. The first-order valence-electron chi connectivity index (χ1n) is 13.1. The third-order valence-corrected chi connectivity index (χ3v) is 7.37. The first-order valence-corrected chi connectivity index (χ1v) is 13.1. The van der Waals surface area contributed by atoms with Gasteiger partial charge >= 0.3 is 0 Å². The smallest absolute Gasteiger partial charge is 0.228 e. The average molecular weight is 489 g/mol. The number of hydrogen-bond donors (Lipinski definition) is 0. The highest BCUT2D eigenvalue weighted by molar-refractivity contribution is 6.02. The summed E-state index contributed by atoms with van der Waals surface area (Å²) in [5.74, 6) is 3.68. The molecule has 1 amide bonds. The molecule has 0 atom stereocenters. The Morgan fingerprint density at radius 3 is 2.39 bits per heavy atom. The van der Waals surface area contributed by atoms with Crippen molar-refractivity contribution in [2.75, 3.05) is 25.7 Å². The molecule has 0 spiro atoms. The Morgan fingerprint density at radius 1 is 1.00 bits per heavy atom. The second-order valence-corrected chi connectivity index (χ2v) is 11.4. The Bertz CT molecular complexity index is 1210. The molecule has 0 bridgehead atoms. The van der Waals surface area contributed by atoms with E-state index in [2.05, 4.69) is 45.9 Å². The summed E-state index contributed by atoms with van der Waals surface area (Å²) in [5.41, 5.74) is 2.50. The second-order valence-electron chi connectivity index (χ2n) is 11.4. The summed E-state index contributed by atoms with van der Waals surface area (Å²) in [5, 5.41) is 2.02. The maximum Gasteiger partial charge on any atom is 0.228 e. The Labute approximate surface area is 215 Å². The number of aromatic nitrogens is 1. The van der Waals surface area contributed by atoms with E-state index in [1.807, 2.05) is 29.2 Å². The molecule has 36 heavy (non-hydrogen) atoms. The van der Waals surface area contributed by atoms with Crippen LogP contribution in [0.1, 0.15) is 69.9 Å². The Hall–Kier alpha value is -3.08. The highest BCUT2D eigenvalue weighted by Gasteiger charge is 2.30. The number of amides is 1. The molecule has 5 heteroatoms. The third kappa shape index (κ3) is 6.00. The van der Waals surface area contributed by atoms with Crippen molar-refractivity contribution < 1.29 is 14.3 Å². The van der Waals surface area contributed by atoms with Gasteiger partial charge in [0.05, 0.1) is 14.2 Å². The molecule has 5 nitrogen and oxygen atoms in total. The molecule has 1 fully saturated rings. The third-order valence-electron chi connectivity index (χ3n) is 7.37. The lowest BCUT2D eigenvalue weighted by atomic mass is 9.78. The van der Waals surface area contributed by atoms with Crippen LogP contribution < -0.4 is 14.4 Å². The molecule has 4 rings (SSSR count). The topological polar surface area (TPSA) is 51.7 Å². The van der Waals surface area contributed by atoms with Gasteiger partial charge in [0.2, 0.25) is 5.91 Å². The minimum absolute atomic E-state index is 0.0903. The molecule has 3 aromatic rings. The average Bonchev–Trinajstić information content (AvgIpc) is 2.86. The highest BCUT2D eigenvalue weighted by Crippen LogP contribution is 2.39. The van der Waals surface area contributed by atoms with E-state index in [0.29, 0.717) is 24.8 Å². The van der Waals surface area contributed by atoms with E-state index in [0.717, 1.165) is 53.8 Å². The van der Waals surface area contributed by atoms with Crippen LogP contribution in [0.5, 0.6) is 11.5 Å². The Kier molecular flexibility index (Phi) is 7.87. The van der Waals surface area contributed by atoms with Gasteiger partial charge in [-0.2, -0.15) is 0 Å². The summed E-state index contributed by atoms with van der Waals surface area (Å²) >= 11 is 0. The van der Waals surface area contributed by atoms with Crippen molar-refractivity contribution in [3.8, 4) is 11.5 Å². The summed E-state index contributed by atoms with van der Waals surface area (Å²) in [6.07, 6.45) is 6.77. The molecule has 0 saturated heterocycles. The summed E-state index contributed by atoms with van der Waals surface area (Å²) in [6.45, 7) is 9.17. The summed E-state index contributed by atoms with van der Waals surface area (Å²) in [6, 6.07) is 14.5. The van der Waals surface area contributed by atoms with E-state index < -0.39 is 0 Å². The number of pyridine rings is 1. The zero-order valence-electron chi connectivity index (χ0n) is 22.6. The molecular formula is C31H40N2O3. The first-order chi connectivity index (χ1) is 17.2. The van der Waals surface area contributed by atoms with Crippen molar-refractivity contribution in [2.45, 2.75) is 65.7 Å². The van der Waals surface area contributed by atoms with E-state index in [1.165, 1.54) is 11.1 Å². The van der Waals surface area contributed by atoms with E-state index in [1.54, 1.807) is 20.4 Å². The molecule has 1 aliphatic carbocycles. The van der Waals surface area contributed by atoms with Crippen molar-refractivity contribution in [3.63, 3.8) is 0 Å². The van der Waals surface area contributed by atoms with E-state index in [4.69, 9.17) is 14.5 Å². The number of benzene rings is 2. The van der Waals surface area contributed by atoms with Crippen molar-refractivity contribution in [1.82, 2.24) is 4.98 Å². The molecule has 192 valence electrons. The van der Waals surface area contributed by atoms with Gasteiger partial charge in [-0.1, -0.05) is 32.9 Å². The molecule has 1 saturated carbocycles. The SMILES string of the molecule is COc1ccc2c(N(C[C@H]3CC[C@H](c4ccc(OC)c(C)c4)CC3)C(=O)CC(C)(C)C)nccc2c1. The maximum absolute atomic E-state index is 13.6. The molecular weight excluding hydrogens is 448 g/mol. The normalized spacial score (nSPS) is 18.2. The highest BCUT2D eigenvalue weighted by atomic mass is 16.5. The standard InChI is InChI=1S/C31H40N2O3/c1-21-17-24(11-14-28(21)36-6)23-9-7-22(8-10-23)20-33(29(34)19-31(2,3)4)30-27-13-12-26(35-5)18-25(27)15-16-32-30/h11-18,22-23H,7-10,19-20H2,1-6H3/t22-,23-. The lowest BCUT2D eigenvalue weighted by Crippen LogP contribution is -2.39.